The Labute approximate surface area is 219 Å². The number of halogens is 4. The van der Waals surface area contributed by atoms with Gasteiger partial charge in [-0.3, -0.25) is 0 Å². The van der Waals surface area contributed by atoms with Gasteiger partial charge >= 0.3 is 18.0 Å². The number of alkyl halides is 3. The average Bonchev–Trinajstić information content (AvgIpc) is 3.10. The SMILES string of the molecule is CN1CCC(C#Cc2cccc3c2COCCN3c2nc(=O)n(C(O)(O)O)c3cccc(F)c23)(C(F)(F)F)C1. The second-order valence-corrected chi connectivity index (χ2v) is 9.61. The van der Waals surface area contributed by atoms with E-state index in [1.165, 1.54) is 17.0 Å². The fourth-order valence-corrected chi connectivity index (χ4v) is 5.06. The van der Waals surface area contributed by atoms with E-state index in [1.807, 2.05) is 0 Å². The zero-order chi connectivity index (χ0) is 28.2. The number of fused-ring (bicyclic) bond motifs is 2. The van der Waals surface area contributed by atoms with Crippen LogP contribution in [0.5, 0.6) is 0 Å². The molecule has 3 N–H and O–H groups in total. The molecule has 2 aliphatic rings. The Hall–Kier alpha value is -3.54. The lowest BCUT2D eigenvalue weighted by Crippen LogP contribution is -2.43. The first kappa shape index (κ1) is 27.0. The van der Waals surface area contributed by atoms with Crippen molar-refractivity contribution in [3.63, 3.8) is 0 Å². The van der Waals surface area contributed by atoms with Crippen LogP contribution in [0.3, 0.4) is 0 Å². The molecule has 1 unspecified atom stereocenters. The number of aliphatic hydroxyl groups is 3. The molecule has 2 aromatic carbocycles. The molecule has 1 atom stereocenters. The van der Waals surface area contributed by atoms with Gasteiger partial charge in [0.15, 0.2) is 5.82 Å². The van der Waals surface area contributed by atoms with Crippen LogP contribution in [-0.4, -0.2) is 69.2 Å². The smallest absolute Gasteiger partial charge is 0.375 e. The van der Waals surface area contributed by atoms with Crippen LogP contribution in [0.1, 0.15) is 17.5 Å². The van der Waals surface area contributed by atoms with E-state index in [4.69, 9.17) is 4.74 Å². The first-order valence-corrected chi connectivity index (χ1v) is 12.0. The van der Waals surface area contributed by atoms with Gasteiger partial charge in [0.2, 0.25) is 0 Å². The lowest BCUT2D eigenvalue weighted by Gasteiger charge is -2.27. The molecule has 0 amide bonds. The summed E-state index contributed by atoms with van der Waals surface area (Å²) in [5, 5.41) is 28.9. The zero-order valence-corrected chi connectivity index (χ0v) is 20.7. The number of aromatic nitrogens is 2. The molecular formula is C26H24F4N4O5. The van der Waals surface area contributed by atoms with Gasteiger partial charge in [-0.25, -0.2) is 13.8 Å². The lowest BCUT2D eigenvalue weighted by molar-refractivity contribution is -0.374. The molecule has 0 radical (unpaired) electrons. The van der Waals surface area contributed by atoms with Crippen LogP contribution in [-0.2, 0) is 17.4 Å². The zero-order valence-electron chi connectivity index (χ0n) is 20.7. The molecule has 0 aliphatic carbocycles. The molecule has 13 heteroatoms. The number of hydrogen-bond acceptors (Lipinski definition) is 8. The normalized spacial score (nSPS) is 20.5. The van der Waals surface area contributed by atoms with Crippen molar-refractivity contribution in [1.82, 2.24) is 14.5 Å². The van der Waals surface area contributed by atoms with Crippen LogP contribution in [0, 0.1) is 23.1 Å². The Kier molecular flexibility index (Phi) is 6.64. The van der Waals surface area contributed by atoms with Crippen molar-refractivity contribution in [3.05, 3.63) is 63.8 Å². The Morgan fingerprint density at radius 3 is 2.51 bits per heavy atom. The molecule has 3 heterocycles. The first-order chi connectivity index (χ1) is 18.3. The summed E-state index contributed by atoms with van der Waals surface area (Å²) in [5.74, 6) is 4.12. The van der Waals surface area contributed by atoms with E-state index >= 15 is 4.39 Å². The maximum atomic E-state index is 15.1. The van der Waals surface area contributed by atoms with Gasteiger partial charge in [0, 0.05) is 29.9 Å². The summed E-state index contributed by atoms with van der Waals surface area (Å²) in [7, 11) is 1.61. The van der Waals surface area contributed by atoms with Gasteiger partial charge in [-0.15, -0.1) is 0 Å². The van der Waals surface area contributed by atoms with Gasteiger partial charge in [-0.1, -0.05) is 24.0 Å². The summed E-state index contributed by atoms with van der Waals surface area (Å²) in [6.07, 6.45) is -8.35. The summed E-state index contributed by atoms with van der Waals surface area (Å²) < 4.78 is 63.0. The molecule has 3 aromatic rings. The third-order valence-corrected chi connectivity index (χ3v) is 6.99. The highest BCUT2D eigenvalue weighted by molar-refractivity contribution is 5.93. The number of anilines is 2. The van der Waals surface area contributed by atoms with Crippen molar-refractivity contribution in [2.75, 3.05) is 38.2 Å². The molecule has 0 spiro atoms. The fourth-order valence-electron chi connectivity index (χ4n) is 5.06. The molecule has 9 nitrogen and oxygen atoms in total. The Morgan fingerprint density at radius 1 is 1.10 bits per heavy atom. The van der Waals surface area contributed by atoms with Crippen molar-refractivity contribution in [2.45, 2.75) is 25.3 Å². The molecule has 1 aromatic heterocycles. The third-order valence-electron chi connectivity index (χ3n) is 6.99. The maximum absolute atomic E-state index is 15.1. The molecular weight excluding hydrogens is 524 g/mol. The minimum Gasteiger partial charge on any atom is -0.375 e. The molecule has 39 heavy (non-hydrogen) atoms. The Morgan fingerprint density at radius 2 is 1.85 bits per heavy atom. The van der Waals surface area contributed by atoms with E-state index in [-0.39, 0.29) is 66.1 Å². The molecule has 0 bridgehead atoms. The molecule has 0 saturated carbocycles. The van der Waals surface area contributed by atoms with Crippen molar-refractivity contribution in [3.8, 4) is 11.8 Å². The summed E-state index contributed by atoms with van der Waals surface area (Å²) in [5.41, 5.74) is -2.75. The number of likely N-dealkylation sites (tertiary alicyclic amines) is 1. The van der Waals surface area contributed by atoms with E-state index in [0.29, 0.717) is 11.3 Å². The number of ether oxygens (including phenoxy) is 1. The van der Waals surface area contributed by atoms with Gasteiger partial charge in [0.25, 0.3) is 0 Å². The largest absolute Gasteiger partial charge is 0.406 e. The molecule has 2 aliphatic heterocycles. The predicted octanol–water partition coefficient (Wildman–Crippen LogP) is 1.98. The van der Waals surface area contributed by atoms with Crippen LogP contribution < -0.4 is 10.6 Å². The summed E-state index contributed by atoms with van der Waals surface area (Å²) in [4.78, 5) is 19.7. The molecule has 1 saturated heterocycles. The van der Waals surface area contributed by atoms with E-state index in [0.717, 1.165) is 6.07 Å². The molecule has 206 valence electrons. The topological polar surface area (TPSA) is 111 Å². The minimum absolute atomic E-state index is 0.0138. The van der Waals surface area contributed by atoms with Gasteiger partial charge in [0.1, 0.15) is 11.2 Å². The van der Waals surface area contributed by atoms with Crippen molar-refractivity contribution < 1.29 is 37.6 Å². The summed E-state index contributed by atoms with van der Waals surface area (Å²) >= 11 is 0. The quantitative estimate of drug-likeness (QED) is 0.254. The van der Waals surface area contributed by atoms with Crippen LogP contribution in [0.15, 0.2) is 41.2 Å². The van der Waals surface area contributed by atoms with Crippen LogP contribution in [0.25, 0.3) is 10.9 Å². The van der Waals surface area contributed by atoms with Gasteiger partial charge in [-0.2, -0.15) is 18.2 Å². The van der Waals surface area contributed by atoms with E-state index < -0.39 is 29.2 Å². The van der Waals surface area contributed by atoms with E-state index in [2.05, 4.69) is 16.8 Å². The van der Waals surface area contributed by atoms with Crippen LogP contribution in [0.4, 0.5) is 29.1 Å². The van der Waals surface area contributed by atoms with Gasteiger partial charge in [0.05, 0.1) is 24.1 Å². The van der Waals surface area contributed by atoms with E-state index in [9.17, 15) is 33.3 Å². The van der Waals surface area contributed by atoms with Gasteiger partial charge in [-0.05, 0) is 44.3 Å². The van der Waals surface area contributed by atoms with Gasteiger partial charge < -0.3 is 29.9 Å². The fraction of sp³-hybridized carbons (Fsp3) is 0.385. The second-order valence-electron chi connectivity index (χ2n) is 9.61. The Bertz CT molecular complexity index is 1560. The number of benzene rings is 2. The first-order valence-electron chi connectivity index (χ1n) is 12.0. The third kappa shape index (κ3) is 4.75. The van der Waals surface area contributed by atoms with Crippen molar-refractivity contribution in [2.24, 2.45) is 5.41 Å². The highest BCUT2D eigenvalue weighted by Gasteiger charge is 2.56. The monoisotopic (exact) mass is 548 g/mol. The highest BCUT2D eigenvalue weighted by Crippen LogP contribution is 2.45. The number of hydrogen-bond donors (Lipinski definition) is 3. The lowest BCUT2D eigenvalue weighted by atomic mass is 9.86. The summed E-state index contributed by atoms with van der Waals surface area (Å²) in [6.45, 7) is 0.145. The summed E-state index contributed by atoms with van der Waals surface area (Å²) in [6, 6.07) is 8.24. The Balaban J connectivity index is 1.69. The molecule has 1 fully saturated rings. The minimum atomic E-state index is -4.54. The number of rotatable bonds is 2. The van der Waals surface area contributed by atoms with Crippen molar-refractivity contribution in [1.29, 1.82) is 0 Å². The maximum Gasteiger partial charge on any atom is 0.406 e. The highest BCUT2D eigenvalue weighted by atomic mass is 19.4. The standard InChI is InChI=1S/C26H24F4N4O5/c1-32-11-10-24(15-32,25(28,29)30)9-8-16-4-2-6-19-17(16)14-39-13-12-33(19)22-21-18(27)5-3-7-20(21)34(23(35)31-22)26(36,37)38/h2-7,36-38H,10-15H2,1H3. The predicted molar refractivity (Wildman–Crippen MR) is 131 cm³/mol. The molecule has 5 rings (SSSR count). The van der Waals surface area contributed by atoms with Crippen LogP contribution >= 0.6 is 0 Å². The van der Waals surface area contributed by atoms with Crippen molar-refractivity contribution >= 4 is 22.4 Å². The number of nitrogens with zero attached hydrogens (tertiary/aromatic N) is 4. The van der Waals surface area contributed by atoms with Crippen LogP contribution in [0.2, 0.25) is 0 Å². The van der Waals surface area contributed by atoms with E-state index in [1.54, 1.807) is 30.1 Å². The average molecular weight is 548 g/mol. The second kappa shape index (κ2) is 9.58.